The second kappa shape index (κ2) is 4.85. The van der Waals surface area contributed by atoms with Crippen LogP contribution < -0.4 is 14.8 Å². The molecule has 0 bridgehead atoms. The number of benzene rings is 1. The van der Waals surface area contributed by atoms with Gasteiger partial charge in [-0.25, -0.2) is 8.42 Å². The molecule has 0 aliphatic carbocycles. The molecular weight excluding hydrogens is 290 g/mol. The molecule has 19 heavy (non-hydrogen) atoms. The molecule has 2 aliphatic rings. The molecule has 0 saturated carbocycles. The highest BCUT2D eigenvalue weighted by Crippen LogP contribution is 2.39. The zero-order valence-corrected chi connectivity index (χ0v) is 11.8. The first kappa shape index (κ1) is 13.0. The van der Waals surface area contributed by atoms with Crippen LogP contribution >= 0.6 is 11.6 Å². The van der Waals surface area contributed by atoms with E-state index >= 15 is 0 Å². The molecule has 104 valence electrons. The molecule has 2 aliphatic heterocycles. The van der Waals surface area contributed by atoms with Gasteiger partial charge in [-0.2, -0.15) is 0 Å². The molecule has 1 fully saturated rings. The molecule has 0 radical (unpaired) electrons. The van der Waals surface area contributed by atoms with Gasteiger partial charge in [0.05, 0.1) is 16.5 Å². The van der Waals surface area contributed by atoms with Crippen LogP contribution in [0.3, 0.4) is 0 Å². The van der Waals surface area contributed by atoms with Crippen molar-refractivity contribution in [3.63, 3.8) is 0 Å². The van der Waals surface area contributed by atoms with Crippen LogP contribution in [0.15, 0.2) is 12.1 Å². The Morgan fingerprint density at radius 3 is 2.95 bits per heavy atom. The normalized spacial score (nSPS) is 23.7. The second-order valence-electron chi connectivity index (χ2n) is 4.79. The molecule has 0 spiro atoms. The standard InChI is InChI=1S/C12H14ClNO4S/c13-10-3-8(4-11-12(10)18-7-17-11)5-14-9-1-2-19(15,16)6-9/h3-4,9,14H,1-2,5-7H2. The highest BCUT2D eigenvalue weighted by atomic mass is 35.5. The molecule has 1 atom stereocenters. The Balaban J connectivity index is 1.66. The number of nitrogens with one attached hydrogen (secondary N) is 1. The number of sulfone groups is 1. The van der Waals surface area contributed by atoms with Crippen LogP contribution in [0, 0.1) is 0 Å². The minimum atomic E-state index is -2.85. The van der Waals surface area contributed by atoms with Crippen molar-refractivity contribution in [2.75, 3.05) is 18.3 Å². The smallest absolute Gasteiger partial charge is 0.231 e. The van der Waals surface area contributed by atoms with Gasteiger partial charge in [-0.1, -0.05) is 11.6 Å². The minimum absolute atomic E-state index is 0.0224. The maximum atomic E-state index is 11.4. The van der Waals surface area contributed by atoms with E-state index in [9.17, 15) is 8.42 Å². The lowest BCUT2D eigenvalue weighted by Gasteiger charge is -2.11. The maximum Gasteiger partial charge on any atom is 0.231 e. The van der Waals surface area contributed by atoms with E-state index in [-0.39, 0.29) is 24.3 Å². The van der Waals surface area contributed by atoms with Crippen molar-refractivity contribution in [2.45, 2.75) is 19.0 Å². The minimum Gasteiger partial charge on any atom is -0.454 e. The van der Waals surface area contributed by atoms with Gasteiger partial charge in [-0.15, -0.1) is 0 Å². The molecule has 1 N–H and O–H groups in total. The molecule has 7 heteroatoms. The molecule has 2 heterocycles. The van der Waals surface area contributed by atoms with Crippen LogP contribution in [0.4, 0.5) is 0 Å². The topological polar surface area (TPSA) is 64.6 Å². The maximum absolute atomic E-state index is 11.4. The summed E-state index contributed by atoms with van der Waals surface area (Å²) in [5, 5.41) is 3.76. The summed E-state index contributed by atoms with van der Waals surface area (Å²) in [6.45, 7) is 0.753. The molecule has 1 aromatic carbocycles. The summed E-state index contributed by atoms with van der Waals surface area (Å²) in [6.07, 6.45) is 0.667. The van der Waals surface area contributed by atoms with Crippen LogP contribution in [0.25, 0.3) is 0 Å². The number of hydrogen-bond acceptors (Lipinski definition) is 5. The van der Waals surface area contributed by atoms with E-state index in [4.69, 9.17) is 21.1 Å². The zero-order chi connectivity index (χ0) is 13.5. The monoisotopic (exact) mass is 303 g/mol. The van der Waals surface area contributed by atoms with Gasteiger partial charge in [-0.3, -0.25) is 0 Å². The first-order valence-electron chi connectivity index (χ1n) is 6.05. The van der Waals surface area contributed by atoms with E-state index in [0.29, 0.717) is 29.5 Å². The number of hydrogen-bond donors (Lipinski definition) is 1. The van der Waals surface area contributed by atoms with Crippen molar-refractivity contribution in [3.8, 4) is 11.5 Å². The van der Waals surface area contributed by atoms with Crippen molar-refractivity contribution < 1.29 is 17.9 Å². The Morgan fingerprint density at radius 2 is 2.21 bits per heavy atom. The van der Waals surface area contributed by atoms with Crippen LogP contribution in [-0.4, -0.2) is 32.8 Å². The molecule has 1 aromatic rings. The average molecular weight is 304 g/mol. The average Bonchev–Trinajstić information content (AvgIpc) is 2.93. The Hall–Kier alpha value is -0.980. The highest BCUT2D eigenvalue weighted by Gasteiger charge is 2.27. The Bertz CT molecular complexity index is 602. The Morgan fingerprint density at radius 1 is 1.37 bits per heavy atom. The van der Waals surface area contributed by atoms with E-state index in [0.717, 1.165) is 5.56 Å². The van der Waals surface area contributed by atoms with Gasteiger partial charge in [0.1, 0.15) is 0 Å². The van der Waals surface area contributed by atoms with Gasteiger partial charge < -0.3 is 14.8 Å². The van der Waals surface area contributed by atoms with Crippen LogP contribution in [0.5, 0.6) is 11.5 Å². The number of halogens is 1. The van der Waals surface area contributed by atoms with E-state index in [2.05, 4.69) is 5.32 Å². The molecule has 0 amide bonds. The third-order valence-corrected chi connectivity index (χ3v) is 5.36. The fourth-order valence-corrected chi connectivity index (χ4v) is 4.34. The molecule has 1 unspecified atom stereocenters. The lowest BCUT2D eigenvalue weighted by atomic mass is 10.2. The summed E-state index contributed by atoms with van der Waals surface area (Å²) in [5.74, 6) is 1.70. The summed E-state index contributed by atoms with van der Waals surface area (Å²) < 4.78 is 33.3. The van der Waals surface area contributed by atoms with Gasteiger partial charge >= 0.3 is 0 Å². The summed E-state index contributed by atoms with van der Waals surface area (Å²) in [7, 11) is -2.85. The first-order chi connectivity index (χ1) is 9.03. The third kappa shape index (κ3) is 2.80. The first-order valence-corrected chi connectivity index (χ1v) is 8.25. The summed E-state index contributed by atoms with van der Waals surface area (Å²) in [4.78, 5) is 0. The van der Waals surface area contributed by atoms with Gasteiger partial charge in [0.25, 0.3) is 0 Å². The highest BCUT2D eigenvalue weighted by molar-refractivity contribution is 7.91. The summed E-state index contributed by atoms with van der Waals surface area (Å²) in [6, 6.07) is 3.70. The molecule has 0 aromatic heterocycles. The largest absolute Gasteiger partial charge is 0.454 e. The van der Waals surface area contributed by atoms with Gasteiger partial charge in [-0.05, 0) is 24.1 Å². The predicted octanol–water partition coefficient (Wildman–Crippen LogP) is 1.35. The second-order valence-corrected chi connectivity index (χ2v) is 7.43. The number of rotatable bonds is 3. The number of fused-ring (bicyclic) bond motifs is 1. The predicted molar refractivity (Wildman–Crippen MR) is 71.5 cm³/mol. The van der Waals surface area contributed by atoms with Crippen molar-refractivity contribution in [3.05, 3.63) is 22.7 Å². The molecule has 1 saturated heterocycles. The van der Waals surface area contributed by atoms with Crippen LogP contribution in [-0.2, 0) is 16.4 Å². The lowest BCUT2D eigenvalue weighted by molar-refractivity contribution is 0.174. The van der Waals surface area contributed by atoms with Crippen LogP contribution in [0.2, 0.25) is 5.02 Å². The van der Waals surface area contributed by atoms with Crippen LogP contribution in [0.1, 0.15) is 12.0 Å². The quantitative estimate of drug-likeness (QED) is 0.913. The number of ether oxygens (including phenoxy) is 2. The molecule has 5 nitrogen and oxygen atoms in total. The van der Waals surface area contributed by atoms with Crippen molar-refractivity contribution in [2.24, 2.45) is 0 Å². The van der Waals surface area contributed by atoms with Crippen molar-refractivity contribution in [1.29, 1.82) is 0 Å². The van der Waals surface area contributed by atoms with Gasteiger partial charge in [0.15, 0.2) is 21.3 Å². The van der Waals surface area contributed by atoms with Crippen molar-refractivity contribution in [1.82, 2.24) is 5.32 Å². The van der Waals surface area contributed by atoms with E-state index < -0.39 is 9.84 Å². The molecular formula is C12H14ClNO4S. The Kier molecular flexibility index (Phi) is 3.32. The van der Waals surface area contributed by atoms with E-state index in [1.165, 1.54) is 0 Å². The zero-order valence-electron chi connectivity index (χ0n) is 10.2. The fraction of sp³-hybridized carbons (Fsp3) is 0.500. The van der Waals surface area contributed by atoms with E-state index in [1.54, 1.807) is 0 Å². The van der Waals surface area contributed by atoms with Gasteiger partial charge in [0, 0.05) is 12.6 Å². The lowest BCUT2D eigenvalue weighted by Crippen LogP contribution is -2.29. The Labute approximate surface area is 116 Å². The molecule has 3 rings (SSSR count). The summed E-state index contributed by atoms with van der Waals surface area (Å²) in [5.41, 5.74) is 0.957. The third-order valence-electron chi connectivity index (χ3n) is 3.31. The van der Waals surface area contributed by atoms with Crippen molar-refractivity contribution >= 4 is 21.4 Å². The van der Waals surface area contributed by atoms with Gasteiger partial charge in [0.2, 0.25) is 6.79 Å². The summed E-state index contributed by atoms with van der Waals surface area (Å²) >= 11 is 6.09. The SMILES string of the molecule is O=S1(=O)CCC(NCc2cc(Cl)c3c(c2)OCO3)C1. The fourth-order valence-electron chi connectivity index (χ4n) is 2.34. The van der Waals surface area contributed by atoms with E-state index in [1.807, 2.05) is 12.1 Å².